The van der Waals surface area contributed by atoms with Crippen molar-refractivity contribution >= 4 is 11.8 Å². The molecule has 8 nitrogen and oxygen atoms in total. The summed E-state index contributed by atoms with van der Waals surface area (Å²) in [5.41, 5.74) is 1.41. The van der Waals surface area contributed by atoms with Crippen molar-refractivity contribution in [2.45, 2.75) is 50.1 Å². The first kappa shape index (κ1) is 16.2. The molecule has 4 saturated heterocycles. The van der Waals surface area contributed by atoms with Crippen molar-refractivity contribution in [3.8, 4) is 0 Å². The summed E-state index contributed by atoms with van der Waals surface area (Å²) in [7, 11) is 0. The molecule has 1 aromatic rings. The van der Waals surface area contributed by atoms with Crippen molar-refractivity contribution in [3.05, 3.63) is 45.8 Å². The lowest BCUT2D eigenvalue weighted by atomic mass is 10.1. The molecular formula is C18H22N4O4. The topological polar surface area (TPSA) is 104 Å². The molecule has 0 bridgehead atoms. The third-order valence-corrected chi connectivity index (χ3v) is 6.60. The Balaban J connectivity index is 1.51. The lowest BCUT2D eigenvalue weighted by Crippen LogP contribution is -2.46. The van der Waals surface area contributed by atoms with Crippen LogP contribution in [0.25, 0.3) is 0 Å². The molecule has 1 aromatic carbocycles. The van der Waals surface area contributed by atoms with E-state index in [1.807, 2.05) is 18.2 Å². The van der Waals surface area contributed by atoms with E-state index in [2.05, 4.69) is 10.6 Å². The van der Waals surface area contributed by atoms with Gasteiger partial charge in [0.15, 0.2) is 24.4 Å². The van der Waals surface area contributed by atoms with Crippen LogP contribution in [-0.4, -0.2) is 46.3 Å². The summed E-state index contributed by atoms with van der Waals surface area (Å²) in [5.74, 6) is -0.372. The molecule has 6 atom stereocenters. The first-order chi connectivity index (χ1) is 12.4. The Morgan fingerprint density at radius 2 is 1.31 bits per heavy atom. The number of quaternary nitrogens is 2. The van der Waals surface area contributed by atoms with Crippen molar-refractivity contribution in [1.82, 2.24) is 10.6 Å². The van der Waals surface area contributed by atoms with Crippen LogP contribution in [0.1, 0.15) is 49.1 Å². The van der Waals surface area contributed by atoms with Crippen LogP contribution in [0.4, 0.5) is 0 Å². The Morgan fingerprint density at radius 3 is 1.77 bits per heavy atom. The molecule has 138 valence electrons. The predicted octanol–water partition coefficient (Wildman–Crippen LogP) is 0.897. The second-order valence-electron chi connectivity index (χ2n) is 7.96. The number of benzene rings is 1. The third kappa shape index (κ3) is 1.98. The highest BCUT2D eigenvalue weighted by molar-refractivity contribution is 5.83. The normalized spacial score (nSPS) is 43.9. The van der Waals surface area contributed by atoms with E-state index >= 15 is 0 Å². The minimum absolute atomic E-state index is 0.186. The van der Waals surface area contributed by atoms with Gasteiger partial charge in [0.1, 0.15) is 0 Å². The molecule has 5 rings (SSSR count). The molecule has 4 heterocycles. The van der Waals surface area contributed by atoms with Crippen molar-refractivity contribution in [2.75, 3.05) is 13.1 Å². The quantitative estimate of drug-likeness (QED) is 0.605. The average Bonchev–Trinajstić information content (AvgIpc) is 3.31. The fraction of sp³-hybridized carbons (Fsp3) is 0.556. The zero-order valence-corrected chi connectivity index (χ0v) is 14.4. The minimum atomic E-state index is -0.637. The molecule has 0 saturated carbocycles. The molecule has 2 N–H and O–H groups in total. The predicted molar refractivity (Wildman–Crippen MR) is 91.2 cm³/mol. The van der Waals surface area contributed by atoms with Crippen LogP contribution in [0.3, 0.4) is 0 Å². The highest BCUT2D eigenvalue weighted by Gasteiger charge is 2.54. The van der Waals surface area contributed by atoms with E-state index in [0.29, 0.717) is 37.1 Å². The van der Waals surface area contributed by atoms with Crippen LogP contribution >= 0.6 is 0 Å². The highest BCUT2D eigenvalue weighted by atomic mass is 16.6. The summed E-state index contributed by atoms with van der Waals surface area (Å²) < 4.78 is -1.11. The second kappa shape index (κ2) is 5.26. The van der Waals surface area contributed by atoms with E-state index < -0.39 is 33.7 Å². The van der Waals surface area contributed by atoms with Crippen molar-refractivity contribution in [2.24, 2.45) is 0 Å². The summed E-state index contributed by atoms with van der Waals surface area (Å²) in [6, 6.07) is 6.19. The number of carbonyl (C=O) groups excluding carboxylic acids is 2. The second-order valence-corrected chi connectivity index (χ2v) is 7.96. The van der Waals surface area contributed by atoms with Gasteiger partial charge in [-0.25, -0.2) is 0 Å². The lowest BCUT2D eigenvalue weighted by molar-refractivity contribution is -0.907. The Morgan fingerprint density at radius 1 is 0.846 bits per heavy atom. The number of fused-ring (bicyclic) bond motifs is 2. The van der Waals surface area contributed by atoms with Gasteiger partial charge in [0, 0.05) is 36.8 Å². The Hall–Kier alpha value is -2.00. The van der Waals surface area contributed by atoms with Gasteiger partial charge in [-0.1, -0.05) is 18.2 Å². The number of hydrogen-bond donors (Lipinski definition) is 2. The number of amides is 2. The summed E-state index contributed by atoms with van der Waals surface area (Å²) >= 11 is 0. The van der Waals surface area contributed by atoms with E-state index in [9.17, 15) is 20.0 Å². The number of hydrogen-bond acceptors (Lipinski definition) is 4. The molecule has 8 heteroatoms. The van der Waals surface area contributed by atoms with E-state index in [1.54, 1.807) is 6.07 Å². The highest BCUT2D eigenvalue weighted by Crippen LogP contribution is 2.43. The van der Waals surface area contributed by atoms with Crippen molar-refractivity contribution < 1.29 is 18.9 Å². The first-order valence-corrected chi connectivity index (χ1v) is 9.31. The molecule has 4 aliphatic heterocycles. The van der Waals surface area contributed by atoms with Crippen LogP contribution in [0.2, 0.25) is 0 Å². The molecule has 2 amide bonds. The van der Waals surface area contributed by atoms with E-state index in [4.69, 9.17) is 0 Å². The van der Waals surface area contributed by atoms with Crippen molar-refractivity contribution in [1.29, 1.82) is 0 Å². The third-order valence-electron chi connectivity index (χ3n) is 6.60. The maximum absolute atomic E-state index is 13.3. The van der Waals surface area contributed by atoms with Crippen LogP contribution in [0, 0.1) is 10.4 Å². The monoisotopic (exact) mass is 358 g/mol. The Bertz CT molecular complexity index is 740. The Kier molecular flexibility index (Phi) is 3.28. The zero-order valence-electron chi connectivity index (χ0n) is 14.4. The van der Waals surface area contributed by atoms with E-state index in [-0.39, 0.29) is 11.8 Å². The standard InChI is InChI=1S/C18H22N4O4/c23-17-13-6-2-8-21(13,25)15(19-17)11-4-1-5-12(10-11)16-20-18(24)14-7-3-9-22(14,16)26/h1,4-5,10,13-16H,2-3,6-9H2,(H,19,23)(H,20,24)/t13-,14-,15-,16-,21-,22-/m0/s1. The van der Waals surface area contributed by atoms with Gasteiger partial charge in [0.25, 0.3) is 11.8 Å². The molecule has 4 fully saturated rings. The van der Waals surface area contributed by atoms with Gasteiger partial charge in [-0.2, -0.15) is 0 Å². The van der Waals surface area contributed by atoms with Crippen molar-refractivity contribution in [3.63, 3.8) is 0 Å². The number of nitrogens with zero attached hydrogens (tertiary/aromatic N) is 2. The molecule has 0 aromatic heterocycles. The van der Waals surface area contributed by atoms with E-state index in [1.165, 1.54) is 0 Å². The molecular weight excluding hydrogens is 336 g/mol. The van der Waals surface area contributed by atoms with Gasteiger partial charge in [-0.05, 0) is 6.07 Å². The zero-order chi connectivity index (χ0) is 18.1. The fourth-order valence-corrected chi connectivity index (χ4v) is 5.34. The van der Waals surface area contributed by atoms with Gasteiger partial charge in [0.2, 0.25) is 0 Å². The number of carbonyl (C=O) groups is 2. The first-order valence-electron chi connectivity index (χ1n) is 9.31. The molecule has 0 radical (unpaired) electrons. The number of hydroxylamine groups is 6. The van der Waals surface area contributed by atoms with Crippen LogP contribution in [0.15, 0.2) is 24.3 Å². The average molecular weight is 358 g/mol. The maximum Gasteiger partial charge on any atom is 0.283 e. The number of nitrogens with one attached hydrogen (secondary N) is 2. The van der Waals surface area contributed by atoms with Crippen LogP contribution in [-0.2, 0) is 9.59 Å². The summed E-state index contributed by atoms with van der Waals surface area (Å²) in [6.07, 6.45) is 1.46. The maximum atomic E-state index is 13.3. The minimum Gasteiger partial charge on any atom is -0.630 e. The molecule has 0 aliphatic carbocycles. The Labute approximate surface area is 151 Å². The molecule has 4 aliphatic rings. The van der Waals surface area contributed by atoms with Crippen LogP contribution < -0.4 is 10.6 Å². The molecule has 26 heavy (non-hydrogen) atoms. The SMILES string of the molecule is O=C1N[C@H](c2cccc([C@H]3NC(=O)[C@@H]4CCC[N@@+]34[O-])c2)[N@+]2([O-])CCC[C@@H]12. The van der Waals surface area contributed by atoms with Gasteiger partial charge in [0.05, 0.1) is 13.1 Å². The number of rotatable bonds is 2. The summed E-state index contributed by atoms with van der Waals surface area (Å²) in [4.78, 5) is 24.4. The molecule has 0 spiro atoms. The van der Waals surface area contributed by atoms with Gasteiger partial charge >= 0.3 is 0 Å². The summed E-state index contributed by atoms with van der Waals surface area (Å²) in [6.45, 7) is 0.837. The smallest absolute Gasteiger partial charge is 0.283 e. The van der Waals surface area contributed by atoms with Gasteiger partial charge in [-0.3, -0.25) is 20.2 Å². The van der Waals surface area contributed by atoms with Crippen LogP contribution in [0.5, 0.6) is 0 Å². The van der Waals surface area contributed by atoms with E-state index in [0.717, 1.165) is 12.8 Å². The fourth-order valence-electron chi connectivity index (χ4n) is 5.34. The largest absolute Gasteiger partial charge is 0.630 e. The van der Waals surface area contributed by atoms with Gasteiger partial charge < -0.3 is 19.7 Å². The van der Waals surface area contributed by atoms with Gasteiger partial charge in [-0.15, -0.1) is 0 Å². The summed E-state index contributed by atoms with van der Waals surface area (Å²) in [5, 5.41) is 32.2. The lowest BCUT2D eigenvalue weighted by Gasteiger charge is -2.43. The molecule has 0 unspecified atom stereocenters.